The number of rotatable bonds is 3. The third-order valence-electron chi connectivity index (χ3n) is 5.88. The van der Waals surface area contributed by atoms with Crippen LogP contribution in [-0.4, -0.2) is 12.6 Å². The maximum absolute atomic E-state index is 5.84. The van der Waals surface area contributed by atoms with E-state index in [1.165, 1.54) is 60.5 Å². The third-order valence-corrected chi connectivity index (χ3v) is 6.34. The standard InChI is InChI=1S/C18H24BrNO/c19-15-10-13-5-9-21-17(13)14(11-15)12-20-16-4-8-18(16)6-2-1-3-7-18/h10-11,16,20H,1-9,12H2. The van der Waals surface area contributed by atoms with E-state index in [0.29, 0.717) is 5.41 Å². The lowest BCUT2D eigenvalue weighted by Gasteiger charge is -2.52. The summed E-state index contributed by atoms with van der Waals surface area (Å²) in [5.41, 5.74) is 3.32. The molecule has 0 amide bonds. The van der Waals surface area contributed by atoms with Gasteiger partial charge in [0.25, 0.3) is 0 Å². The third kappa shape index (κ3) is 2.53. The van der Waals surface area contributed by atoms with Crippen LogP contribution in [-0.2, 0) is 13.0 Å². The van der Waals surface area contributed by atoms with Gasteiger partial charge in [-0.2, -0.15) is 0 Å². The Morgan fingerprint density at radius 1 is 1.19 bits per heavy atom. The summed E-state index contributed by atoms with van der Waals surface area (Å²) in [6, 6.07) is 5.16. The maximum Gasteiger partial charge on any atom is 0.127 e. The summed E-state index contributed by atoms with van der Waals surface area (Å²) < 4.78 is 7.03. The van der Waals surface area contributed by atoms with Crippen molar-refractivity contribution in [2.24, 2.45) is 5.41 Å². The van der Waals surface area contributed by atoms with E-state index >= 15 is 0 Å². The van der Waals surface area contributed by atoms with Gasteiger partial charge in [-0.15, -0.1) is 0 Å². The van der Waals surface area contributed by atoms with Gasteiger partial charge in [0.05, 0.1) is 6.61 Å². The zero-order chi connectivity index (χ0) is 14.3. The van der Waals surface area contributed by atoms with Gasteiger partial charge in [0, 0.05) is 29.0 Å². The van der Waals surface area contributed by atoms with Crippen molar-refractivity contribution < 1.29 is 4.74 Å². The molecule has 0 radical (unpaired) electrons. The van der Waals surface area contributed by atoms with E-state index in [1.54, 1.807) is 0 Å². The highest BCUT2D eigenvalue weighted by molar-refractivity contribution is 9.10. The molecule has 3 heteroatoms. The second-order valence-corrected chi connectivity index (χ2v) is 7.96. The highest BCUT2D eigenvalue weighted by atomic mass is 79.9. The maximum atomic E-state index is 5.84. The van der Waals surface area contributed by atoms with Crippen LogP contribution in [0.2, 0.25) is 0 Å². The quantitative estimate of drug-likeness (QED) is 0.861. The number of hydrogen-bond donors (Lipinski definition) is 1. The monoisotopic (exact) mass is 349 g/mol. The van der Waals surface area contributed by atoms with E-state index in [9.17, 15) is 0 Å². The molecule has 1 aliphatic heterocycles. The van der Waals surface area contributed by atoms with Crippen LogP contribution >= 0.6 is 15.9 Å². The molecule has 2 nitrogen and oxygen atoms in total. The van der Waals surface area contributed by atoms with Crippen LogP contribution in [0.1, 0.15) is 56.1 Å². The SMILES string of the molecule is Brc1cc2c(c(CNC3CCC34CCCCC4)c1)OCC2. The lowest BCUT2D eigenvalue weighted by molar-refractivity contribution is 0.0220. The molecule has 1 N–H and O–H groups in total. The average Bonchev–Trinajstić information content (AvgIpc) is 2.95. The van der Waals surface area contributed by atoms with Gasteiger partial charge in [0.1, 0.15) is 5.75 Å². The molecule has 1 spiro atoms. The summed E-state index contributed by atoms with van der Waals surface area (Å²) in [5, 5.41) is 3.85. The molecule has 1 atom stereocenters. The van der Waals surface area contributed by atoms with Crippen molar-refractivity contribution in [1.82, 2.24) is 5.32 Å². The van der Waals surface area contributed by atoms with Crippen LogP contribution < -0.4 is 10.1 Å². The van der Waals surface area contributed by atoms with Crippen LogP contribution in [0, 0.1) is 5.41 Å². The van der Waals surface area contributed by atoms with E-state index in [2.05, 4.69) is 33.4 Å². The molecule has 0 bridgehead atoms. The van der Waals surface area contributed by atoms with E-state index in [4.69, 9.17) is 4.74 Å². The van der Waals surface area contributed by atoms with Crippen LogP contribution in [0.25, 0.3) is 0 Å². The fraction of sp³-hybridized carbons (Fsp3) is 0.667. The molecule has 2 saturated carbocycles. The van der Waals surface area contributed by atoms with Crippen molar-refractivity contribution in [3.8, 4) is 5.75 Å². The smallest absolute Gasteiger partial charge is 0.127 e. The Bertz CT molecular complexity index is 536. The van der Waals surface area contributed by atoms with Crippen molar-refractivity contribution in [3.63, 3.8) is 0 Å². The summed E-state index contributed by atoms with van der Waals surface area (Å²) in [4.78, 5) is 0. The molecule has 0 saturated heterocycles. The first-order chi connectivity index (χ1) is 10.3. The predicted molar refractivity (Wildman–Crippen MR) is 88.7 cm³/mol. The molecule has 3 aliphatic rings. The highest BCUT2D eigenvalue weighted by Crippen LogP contribution is 2.51. The number of benzene rings is 1. The minimum Gasteiger partial charge on any atom is -0.493 e. The number of halogens is 1. The normalized spacial score (nSPS) is 26.2. The second kappa shape index (κ2) is 5.58. The number of nitrogens with one attached hydrogen (secondary N) is 1. The zero-order valence-electron chi connectivity index (χ0n) is 12.6. The van der Waals surface area contributed by atoms with Gasteiger partial charge >= 0.3 is 0 Å². The Hall–Kier alpha value is -0.540. The van der Waals surface area contributed by atoms with Gasteiger partial charge in [-0.25, -0.2) is 0 Å². The van der Waals surface area contributed by atoms with E-state index in [-0.39, 0.29) is 0 Å². The Balaban J connectivity index is 1.46. The molecule has 0 aromatic heterocycles. The van der Waals surface area contributed by atoms with Crippen molar-refractivity contribution in [2.45, 2.75) is 64.0 Å². The van der Waals surface area contributed by atoms with Gasteiger partial charge in [0.15, 0.2) is 0 Å². The Morgan fingerprint density at radius 2 is 2.05 bits per heavy atom. The first-order valence-electron chi connectivity index (χ1n) is 8.44. The molecule has 1 aromatic rings. The Labute approximate surface area is 135 Å². The van der Waals surface area contributed by atoms with Gasteiger partial charge in [-0.05, 0) is 48.8 Å². The van der Waals surface area contributed by atoms with E-state index < -0.39 is 0 Å². The largest absolute Gasteiger partial charge is 0.493 e. The number of fused-ring (bicyclic) bond motifs is 1. The molecular weight excluding hydrogens is 326 g/mol. The van der Waals surface area contributed by atoms with Crippen LogP contribution in [0.15, 0.2) is 16.6 Å². The molecule has 1 heterocycles. The summed E-state index contributed by atoms with van der Waals surface area (Å²) in [6.45, 7) is 1.79. The van der Waals surface area contributed by atoms with Crippen molar-refractivity contribution in [1.29, 1.82) is 0 Å². The second-order valence-electron chi connectivity index (χ2n) is 7.05. The van der Waals surface area contributed by atoms with E-state index in [0.717, 1.165) is 31.4 Å². The van der Waals surface area contributed by atoms with Gasteiger partial charge in [-0.1, -0.05) is 35.2 Å². The summed E-state index contributed by atoms with van der Waals surface area (Å²) in [7, 11) is 0. The molecule has 2 aliphatic carbocycles. The summed E-state index contributed by atoms with van der Waals surface area (Å²) >= 11 is 3.64. The molecule has 114 valence electrons. The predicted octanol–water partition coefficient (Wildman–Crippen LogP) is 4.59. The summed E-state index contributed by atoms with van der Waals surface area (Å²) in [6.07, 6.45) is 11.1. The molecule has 1 unspecified atom stereocenters. The molecule has 1 aromatic carbocycles. The first-order valence-corrected chi connectivity index (χ1v) is 9.24. The Kier molecular flexibility index (Phi) is 3.74. The molecule has 21 heavy (non-hydrogen) atoms. The van der Waals surface area contributed by atoms with Crippen molar-refractivity contribution >= 4 is 15.9 Å². The topological polar surface area (TPSA) is 21.3 Å². The van der Waals surface area contributed by atoms with Gasteiger partial charge in [-0.3, -0.25) is 0 Å². The zero-order valence-corrected chi connectivity index (χ0v) is 14.2. The molecular formula is C18H24BrNO. The number of hydrogen-bond acceptors (Lipinski definition) is 2. The highest BCUT2D eigenvalue weighted by Gasteiger charge is 2.46. The van der Waals surface area contributed by atoms with Gasteiger partial charge < -0.3 is 10.1 Å². The van der Waals surface area contributed by atoms with Crippen LogP contribution in [0.3, 0.4) is 0 Å². The van der Waals surface area contributed by atoms with Gasteiger partial charge in [0.2, 0.25) is 0 Å². The number of ether oxygens (including phenoxy) is 1. The minimum atomic E-state index is 0.633. The molecule has 4 rings (SSSR count). The van der Waals surface area contributed by atoms with Crippen LogP contribution in [0.4, 0.5) is 0 Å². The Morgan fingerprint density at radius 3 is 2.81 bits per heavy atom. The van der Waals surface area contributed by atoms with Crippen LogP contribution in [0.5, 0.6) is 5.75 Å². The first kappa shape index (κ1) is 14.1. The fourth-order valence-corrected chi connectivity index (χ4v) is 5.13. The van der Waals surface area contributed by atoms with Crippen molar-refractivity contribution in [3.05, 3.63) is 27.7 Å². The average molecular weight is 350 g/mol. The van der Waals surface area contributed by atoms with Crippen molar-refractivity contribution in [2.75, 3.05) is 6.61 Å². The minimum absolute atomic E-state index is 0.633. The summed E-state index contributed by atoms with van der Waals surface area (Å²) in [5.74, 6) is 1.14. The lowest BCUT2D eigenvalue weighted by Crippen LogP contribution is -2.53. The molecule has 2 fully saturated rings. The lowest BCUT2D eigenvalue weighted by atomic mass is 9.57. The fourth-order valence-electron chi connectivity index (χ4n) is 4.58. The van der Waals surface area contributed by atoms with E-state index in [1.807, 2.05) is 0 Å².